The Bertz CT molecular complexity index is 331. The second-order valence-corrected chi connectivity index (χ2v) is 3.75. The second kappa shape index (κ2) is 3.16. The minimum Gasteiger partial charge on any atom is -0.506 e. The van der Waals surface area contributed by atoms with Crippen molar-refractivity contribution in [1.29, 1.82) is 0 Å². The van der Waals surface area contributed by atoms with Gasteiger partial charge in [0.25, 0.3) is 0 Å². The third kappa shape index (κ3) is 2.11. The summed E-state index contributed by atoms with van der Waals surface area (Å²) in [6.45, 7) is 2.89. The molecule has 72 valence electrons. The van der Waals surface area contributed by atoms with Crippen molar-refractivity contribution in [2.24, 2.45) is 0 Å². The predicted molar refractivity (Wildman–Crippen MR) is 48.3 cm³/mol. The summed E-state index contributed by atoms with van der Waals surface area (Å²) in [5.74, 6) is -0.999. The summed E-state index contributed by atoms with van der Waals surface area (Å²) in [7, 11) is 0. The van der Waals surface area contributed by atoms with Crippen molar-refractivity contribution in [3.63, 3.8) is 0 Å². The Balaban J connectivity index is 3.32. The SMILES string of the molecule is CC(C)(O)c1cc(Cl)c(O)cc1F. The molecule has 0 aliphatic heterocycles. The summed E-state index contributed by atoms with van der Waals surface area (Å²) < 4.78 is 13.1. The van der Waals surface area contributed by atoms with Gasteiger partial charge in [-0.1, -0.05) is 11.6 Å². The van der Waals surface area contributed by atoms with Gasteiger partial charge in [0.2, 0.25) is 0 Å². The van der Waals surface area contributed by atoms with E-state index in [1.807, 2.05) is 0 Å². The van der Waals surface area contributed by atoms with E-state index in [9.17, 15) is 9.50 Å². The van der Waals surface area contributed by atoms with Crippen LogP contribution in [0.2, 0.25) is 5.02 Å². The van der Waals surface area contributed by atoms with Gasteiger partial charge in [0.1, 0.15) is 11.6 Å². The molecule has 2 nitrogen and oxygen atoms in total. The Morgan fingerprint density at radius 2 is 1.92 bits per heavy atom. The van der Waals surface area contributed by atoms with Gasteiger partial charge in [-0.3, -0.25) is 0 Å². The van der Waals surface area contributed by atoms with Gasteiger partial charge in [-0.2, -0.15) is 0 Å². The first-order valence-corrected chi connectivity index (χ1v) is 4.11. The molecule has 0 atom stereocenters. The first-order chi connectivity index (χ1) is 5.82. The first-order valence-electron chi connectivity index (χ1n) is 3.73. The van der Waals surface area contributed by atoms with Crippen LogP contribution in [0.15, 0.2) is 12.1 Å². The van der Waals surface area contributed by atoms with Crippen molar-refractivity contribution in [1.82, 2.24) is 0 Å². The maximum atomic E-state index is 13.1. The molecule has 0 fully saturated rings. The molecular formula is C9H10ClFO2. The smallest absolute Gasteiger partial charge is 0.137 e. The summed E-state index contributed by atoms with van der Waals surface area (Å²) in [6, 6.07) is 2.10. The van der Waals surface area contributed by atoms with Crippen LogP contribution in [0.25, 0.3) is 0 Å². The maximum Gasteiger partial charge on any atom is 0.137 e. The van der Waals surface area contributed by atoms with E-state index in [1.54, 1.807) is 0 Å². The topological polar surface area (TPSA) is 40.5 Å². The van der Waals surface area contributed by atoms with Gasteiger partial charge >= 0.3 is 0 Å². The highest BCUT2D eigenvalue weighted by Crippen LogP contribution is 2.31. The lowest BCUT2D eigenvalue weighted by atomic mass is 9.98. The molecular weight excluding hydrogens is 195 g/mol. The summed E-state index contributed by atoms with van der Waals surface area (Å²) in [6.07, 6.45) is 0. The lowest BCUT2D eigenvalue weighted by molar-refractivity contribution is 0.0745. The molecule has 2 N–H and O–H groups in total. The van der Waals surface area contributed by atoms with E-state index in [1.165, 1.54) is 19.9 Å². The normalized spacial score (nSPS) is 11.8. The fourth-order valence-electron chi connectivity index (χ4n) is 1.01. The number of aromatic hydroxyl groups is 1. The predicted octanol–water partition coefficient (Wildman–Crippen LogP) is 2.41. The largest absolute Gasteiger partial charge is 0.506 e. The number of hydrogen-bond donors (Lipinski definition) is 2. The molecule has 0 aromatic heterocycles. The molecule has 4 heteroatoms. The molecule has 0 heterocycles. The number of aliphatic hydroxyl groups is 1. The van der Waals surface area contributed by atoms with Crippen molar-refractivity contribution in [2.45, 2.75) is 19.4 Å². The first kappa shape index (κ1) is 10.3. The van der Waals surface area contributed by atoms with Gasteiger partial charge in [0.15, 0.2) is 0 Å². The monoisotopic (exact) mass is 204 g/mol. The molecule has 0 spiro atoms. The van der Waals surface area contributed by atoms with Gasteiger partial charge < -0.3 is 10.2 Å². The van der Waals surface area contributed by atoms with Crippen LogP contribution in [0.4, 0.5) is 4.39 Å². The zero-order valence-corrected chi connectivity index (χ0v) is 8.06. The van der Waals surface area contributed by atoms with Gasteiger partial charge in [-0.25, -0.2) is 4.39 Å². The van der Waals surface area contributed by atoms with Gasteiger partial charge in [-0.05, 0) is 19.9 Å². The third-order valence-electron chi connectivity index (χ3n) is 1.70. The lowest BCUT2D eigenvalue weighted by Gasteiger charge is -2.18. The molecule has 0 bridgehead atoms. The molecule has 0 saturated carbocycles. The minimum atomic E-state index is -1.30. The van der Waals surface area contributed by atoms with E-state index >= 15 is 0 Å². The van der Waals surface area contributed by atoms with Crippen LogP contribution in [-0.2, 0) is 5.60 Å². The van der Waals surface area contributed by atoms with Crippen LogP contribution in [0.3, 0.4) is 0 Å². The molecule has 0 amide bonds. The van der Waals surface area contributed by atoms with E-state index in [0.717, 1.165) is 6.07 Å². The second-order valence-electron chi connectivity index (χ2n) is 3.34. The van der Waals surface area contributed by atoms with E-state index < -0.39 is 11.4 Å². The molecule has 0 radical (unpaired) electrons. The van der Waals surface area contributed by atoms with Crippen molar-refractivity contribution >= 4 is 11.6 Å². The Hall–Kier alpha value is -0.800. The molecule has 13 heavy (non-hydrogen) atoms. The molecule has 0 aliphatic carbocycles. The molecule has 1 rings (SSSR count). The van der Waals surface area contributed by atoms with E-state index in [4.69, 9.17) is 16.7 Å². The van der Waals surface area contributed by atoms with Crippen LogP contribution in [0.1, 0.15) is 19.4 Å². The van der Waals surface area contributed by atoms with E-state index in [0.29, 0.717) is 0 Å². The standard InChI is InChI=1S/C9H10ClFO2/c1-9(2,13)5-3-6(10)8(12)4-7(5)11/h3-4,12-13H,1-2H3. The number of phenols is 1. The number of phenolic OH excluding ortho intramolecular Hbond substituents is 1. The summed E-state index contributed by atoms with van der Waals surface area (Å²) >= 11 is 5.56. The van der Waals surface area contributed by atoms with Crippen LogP contribution in [0.5, 0.6) is 5.75 Å². The molecule has 1 aromatic carbocycles. The number of hydrogen-bond acceptors (Lipinski definition) is 2. The Morgan fingerprint density at radius 1 is 1.38 bits per heavy atom. The van der Waals surface area contributed by atoms with Crippen molar-refractivity contribution in [3.8, 4) is 5.75 Å². The summed E-state index contributed by atoms with van der Waals surface area (Å²) in [5.41, 5.74) is -1.24. The van der Waals surface area contributed by atoms with Crippen LogP contribution in [-0.4, -0.2) is 10.2 Å². The van der Waals surface area contributed by atoms with Crippen molar-refractivity contribution in [2.75, 3.05) is 0 Å². The van der Waals surface area contributed by atoms with Gasteiger partial charge in [0.05, 0.1) is 10.6 Å². The van der Waals surface area contributed by atoms with Gasteiger partial charge in [-0.15, -0.1) is 0 Å². The molecule has 1 aromatic rings. The zero-order chi connectivity index (χ0) is 10.2. The van der Waals surface area contributed by atoms with E-state index in [2.05, 4.69) is 0 Å². The van der Waals surface area contributed by atoms with E-state index in [-0.39, 0.29) is 16.3 Å². The zero-order valence-electron chi connectivity index (χ0n) is 7.31. The molecule has 0 unspecified atom stereocenters. The molecule has 0 aliphatic rings. The highest BCUT2D eigenvalue weighted by atomic mass is 35.5. The van der Waals surface area contributed by atoms with Crippen molar-refractivity contribution < 1.29 is 14.6 Å². The highest BCUT2D eigenvalue weighted by Gasteiger charge is 2.22. The summed E-state index contributed by atoms with van der Waals surface area (Å²) in [4.78, 5) is 0. The number of halogens is 2. The van der Waals surface area contributed by atoms with Crippen LogP contribution < -0.4 is 0 Å². The molecule has 0 saturated heterocycles. The summed E-state index contributed by atoms with van der Waals surface area (Å²) in [5, 5.41) is 18.6. The minimum absolute atomic E-state index is 0.0264. The Labute approximate surface area is 80.6 Å². The average molecular weight is 205 g/mol. The lowest BCUT2D eigenvalue weighted by Crippen LogP contribution is -2.17. The van der Waals surface area contributed by atoms with Gasteiger partial charge in [0, 0.05) is 11.6 Å². The fourth-order valence-corrected chi connectivity index (χ4v) is 1.17. The van der Waals surface area contributed by atoms with Crippen LogP contribution in [0, 0.1) is 5.82 Å². The van der Waals surface area contributed by atoms with Crippen molar-refractivity contribution in [3.05, 3.63) is 28.5 Å². The maximum absolute atomic E-state index is 13.1. The number of benzene rings is 1. The Morgan fingerprint density at radius 3 is 2.38 bits per heavy atom. The fraction of sp³-hybridized carbons (Fsp3) is 0.333. The van der Waals surface area contributed by atoms with Crippen LogP contribution >= 0.6 is 11.6 Å². The number of rotatable bonds is 1. The quantitative estimate of drug-likeness (QED) is 0.738. The average Bonchev–Trinajstić information content (AvgIpc) is 1.94. The highest BCUT2D eigenvalue weighted by molar-refractivity contribution is 6.32. The Kier molecular flexibility index (Phi) is 2.50. The third-order valence-corrected chi connectivity index (χ3v) is 2.00.